The minimum Gasteiger partial charge on any atom is -0.859 e. The maximum absolute atomic E-state index is 13.6. The molecule has 1 spiro atoms. The zero-order chi connectivity index (χ0) is 35.2. The fraction of sp³-hybridized carbons (Fsp3) is 0.303. The van der Waals surface area contributed by atoms with Crippen molar-refractivity contribution in [2.24, 2.45) is 11.1 Å². The first-order chi connectivity index (χ1) is 24.1. The van der Waals surface area contributed by atoms with Gasteiger partial charge in [0.1, 0.15) is 22.7 Å². The van der Waals surface area contributed by atoms with Gasteiger partial charge in [0.2, 0.25) is 11.9 Å². The summed E-state index contributed by atoms with van der Waals surface area (Å²) in [6, 6.07) is 7.77. The number of aryl methyl sites for hydroxylation is 2. The van der Waals surface area contributed by atoms with E-state index in [1.807, 2.05) is 19.1 Å². The summed E-state index contributed by atoms with van der Waals surface area (Å²) < 4.78 is 17.9. The number of nitrogens with two attached hydrogens (primary N) is 1. The molecule has 5 heterocycles. The fourth-order valence-electron chi connectivity index (χ4n) is 6.23. The zero-order valence-corrected chi connectivity index (χ0v) is 27.2. The normalized spacial score (nSPS) is 16.0. The number of hydrogen-bond acceptors (Lipinski definition) is 11. The second kappa shape index (κ2) is 12.7. The van der Waals surface area contributed by atoms with E-state index in [1.165, 1.54) is 12.1 Å². The number of ether oxygens (including phenoxy) is 2. The number of primary amides is 1. The lowest BCUT2D eigenvalue weighted by molar-refractivity contribution is -0.214. The van der Waals surface area contributed by atoms with Gasteiger partial charge in [-0.3, -0.25) is 19.6 Å². The van der Waals surface area contributed by atoms with Gasteiger partial charge in [0.25, 0.3) is 5.91 Å². The van der Waals surface area contributed by atoms with E-state index < -0.39 is 23.1 Å². The summed E-state index contributed by atoms with van der Waals surface area (Å²) in [7, 11) is 0. The van der Waals surface area contributed by atoms with E-state index in [9.17, 15) is 19.5 Å². The number of nitrogens with zero attached hydrogens (tertiary/aromatic N) is 6. The Bertz CT molecular complexity index is 2230. The third kappa shape index (κ3) is 5.76. The highest BCUT2D eigenvalue weighted by molar-refractivity contribution is 6.04. The van der Waals surface area contributed by atoms with Crippen molar-refractivity contribution in [3.8, 4) is 11.5 Å². The molecule has 1 fully saturated rings. The molecule has 0 saturated carbocycles. The maximum Gasteiger partial charge on any atom is 0.276 e. The second-order valence-electron chi connectivity index (χ2n) is 12.3. The van der Waals surface area contributed by atoms with Crippen LogP contribution in [-0.4, -0.2) is 79.3 Å². The molecule has 5 aromatic rings. The van der Waals surface area contributed by atoms with Crippen LogP contribution < -0.4 is 36.3 Å². The van der Waals surface area contributed by atoms with Gasteiger partial charge in [-0.25, -0.2) is 4.98 Å². The molecular weight excluding hydrogens is 646 g/mol. The van der Waals surface area contributed by atoms with Crippen LogP contribution in [0, 0.1) is 17.7 Å². The first kappa shape index (κ1) is 32.3. The van der Waals surface area contributed by atoms with Crippen molar-refractivity contribution < 1.29 is 29.0 Å². The van der Waals surface area contributed by atoms with Crippen molar-refractivity contribution >= 4 is 58.1 Å². The summed E-state index contributed by atoms with van der Waals surface area (Å²) in [5.74, 6) is -0.998. The predicted octanol–water partition coefficient (Wildman–Crippen LogP) is 1.04. The maximum atomic E-state index is 13.6. The monoisotopic (exact) mass is 679 g/mol. The van der Waals surface area contributed by atoms with Crippen molar-refractivity contribution in [2.75, 3.05) is 36.9 Å². The quantitative estimate of drug-likeness (QED) is 0.0539. The van der Waals surface area contributed by atoms with E-state index in [1.54, 1.807) is 45.3 Å². The number of nitrogens with one attached hydrogen (secondary N) is 4. The molecule has 0 aliphatic carbocycles. The molecule has 258 valence electrons. The summed E-state index contributed by atoms with van der Waals surface area (Å²) in [5, 5.41) is 32.9. The van der Waals surface area contributed by atoms with Gasteiger partial charge >= 0.3 is 0 Å². The number of anilines is 2. The topological polar surface area (TPSA) is 232 Å². The number of benzene rings is 2. The van der Waals surface area contributed by atoms with Gasteiger partial charge in [-0.15, -0.1) is 0 Å². The Morgan fingerprint density at radius 1 is 1.00 bits per heavy atom. The molecule has 2 aliphatic rings. The van der Waals surface area contributed by atoms with Gasteiger partial charge in [-0.05, 0) is 55.6 Å². The minimum atomic E-state index is -0.914. The summed E-state index contributed by atoms with van der Waals surface area (Å²) in [4.78, 5) is 46.6. The van der Waals surface area contributed by atoms with Crippen LogP contribution in [0.4, 0.5) is 11.9 Å². The zero-order valence-electron chi connectivity index (χ0n) is 27.2. The first-order valence-electron chi connectivity index (χ1n) is 15.8. The smallest absolute Gasteiger partial charge is 0.276 e. The lowest BCUT2D eigenvalue weighted by Crippen LogP contribution is -2.59. The lowest BCUT2D eigenvalue weighted by atomic mass is 9.83. The van der Waals surface area contributed by atoms with Gasteiger partial charge < -0.3 is 55.3 Å². The molecule has 3 amide bonds. The van der Waals surface area contributed by atoms with Gasteiger partial charge in [-0.1, -0.05) is 12.2 Å². The van der Waals surface area contributed by atoms with Crippen molar-refractivity contribution in [2.45, 2.75) is 33.5 Å². The molecule has 0 unspecified atom stereocenters. The van der Waals surface area contributed by atoms with E-state index in [0.717, 1.165) is 0 Å². The van der Waals surface area contributed by atoms with Crippen LogP contribution >= 0.6 is 0 Å². The molecular formula is C33H33N11O6-2. The average Bonchev–Trinajstić information content (AvgIpc) is 3.74. The number of carbonyl (C=O) groups excluding carboxylic acids is 3. The Morgan fingerprint density at radius 3 is 2.16 bits per heavy atom. The summed E-state index contributed by atoms with van der Waals surface area (Å²) >= 11 is 0. The van der Waals surface area contributed by atoms with Crippen LogP contribution in [0.1, 0.15) is 39.0 Å². The highest BCUT2D eigenvalue weighted by Crippen LogP contribution is 2.36. The standard InChI is InChI=1S/C33H34N11O6/c1-3-44-23(8-18(2)41-44)30(48)40-32-39-22-10-20(29(35)47)12-25-27(22)43(32)7-5-4-6-42-26-21(38-31(42)37-17-45)9-19(28(34)46)11-24(26)49-15-33(16-50-25)13-36-14-33/h4-5,8-12,36H,3,6-7,13-16H2,1-2H3,(H2,34,46)(H2,35,47)(H,37,38,45)(H,39,40,48)/q-1/p-1/b5-4+. The third-order valence-electron chi connectivity index (χ3n) is 8.79. The number of hydrogen-bond donors (Lipinski definition) is 5. The average molecular weight is 680 g/mol. The number of aromatic nitrogens is 6. The van der Waals surface area contributed by atoms with Gasteiger partial charge in [0.15, 0.2) is 0 Å². The van der Waals surface area contributed by atoms with E-state index in [2.05, 4.69) is 26.0 Å². The molecule has 0 atom stereocenters. The predicted molar refractivity (Wildman–Crippen MR) is 180 cm³/mol. The van der Waals surface area contributed by atoms with E-state index in [-0.39, 0.29) is 49.3 Å². The highest BCUT2D eigenvalue weighted by Gasteiger charge is 2.40. The van der Waals surface area contributed by atoms with Crippen LogP contribution in [0.2, 0.25) is 0 Å². The van der Waals surface area contributed by atoms with Crippen LogP contribution in [0.3, 0.4) is 0 Å². The Balaban J connectivity index is 1.37. The number of rotatable bonds is 7. The number of imidazole rings is 2. The Morgan fingerprint density at radius 2 is 1.60 bits per heavy atom. The van der Waals surface area contributed by atoms with Gasteiger partial charge in [0.05, 0.1) is 53.2 Å². The third-order valence-corrected chi connectivity index (χ3v) is 8.79. The molecule has 6 N–H and O–H groups in total. The van der Waals surface area contributed by atoms with Crippen LogP contribution in [0.15, 0.2) is 42.5 Å². The van der Waals surface area contributed by atoms with Crippen LogP contribution in [-0.2, 0) is 24.4 Å². The molecule has 17 heteroatoms. The van der Waals surface area contributed by atoms with Crippen LogP contribution in [0.5, 0.6) is 11.5 Å². The Labute approximate surface area is 284 Å². The number of allylic oxidation sites excluding steroid dienone is 2. The molecule has 0 radical (unpaired) electrons. The second-order valence-corrected chi connectivity index (χ2v) is 12.3. The molecule has 3 aromatic heterocycles. The number of amides is 3. The van der Waals surface area contributed by atoms with Gasteiger partial charge in [0, 0.05) is 38.3 Å². The highest BCUT2D eigenvalue weighted by atomic mass is 16.5. The molecule has 1 saturated heterocycles. The largest absolute Gasteiger partial charge is 0.859 e. The fourth-order valence-corrected chi connectivity index (χ4v) is 6.23. The summed E-state index contributed by atoms with van der Waals surface area (Å²) in [5.41, 5.74) is 8.23. The van der Waals surface area contributed by atoms with Crippen molar-refractivity contribution in [1.29, 1.82) is 5.41 Å². The van der Waals surface area contributed by atoms with Crippen molar-refractivity contribution in [3.05, 3.63) is 65.0 Å². The summed E-state index contributed by atoms with van der Waals surface area (Å²) in [6.45, 7) is 5.95. The molecule has 50 heavy (non-hydrogen) atoms. The minimum absolute atomic E-state index is 0.0773. The van der Waals surface area contributed by atoms with Crippen molar-refractivity contribution in [3.63, 3.8) is 0 Å². The molecule has 7 rings (SSSR count). The van der Waals surface area contributed by atoms with E-state index in [0.29, 0.717) is 64.6 Å². The molecule has 0 bridgehead atoms. The Hall–Kier alpha value is -6.23. The lowest BCUT2D eigenvalue weighted by Gasteiger charge is -2.41. The summed E-state index contributed by atoms with van der Waals surface area (Å²) in [6.07, 6.45) is 5.32. The first-order valence-corrected chi connectivity index (χ1v) is 15.8. The van der Waals surface area contributed by atoms with Crippen LogP contribution in [0.25, 0.3) is 22.1 Å². The number of carbonyl (C=O) groups is 2. The van der Waals surface area contributed by atoms with E-state index in [4.69, 9.17) is 25.6 Å². The SMILES string of the molecule is CCn1nc(C)cc1C(=O)Nc1nc2cc(C(N)=O)cc3c2n1C/C=C/Cn1c(N[C-]=O)nc2cc(C(=N)[O-])cc(c21)OCC1(CNC1)CO3. The van der Waals surface area contributed by atoms with E-state index >= 15 is 0 Å². The van der Waals surface area contributed by atoms with Crippen molar-refractivity contribution in [1.82, 2.24) is 34.2 Å². The molecule has 2 aliphatic heterocycles. The Kier molecular flexibility index (Phi) is 8.19. The molecule has 17 nitrogen and oxygen atoms in total. The van der Waals surface area contributed by atoms with Gasteiger partial charge in [-0.2, -0.15) is 5.10 Å². The molecule has 2 aromatic carbocycles.